The first kappa shape index (κ1) is 22.8. The SMILES string of the molecule is O=C(Nc1ccccc1C(=O)NCC(=O)N1CCN(c2cccc(Cl)c2)CC1)c1ccsc1. The van der Waals surface area contributed by atoms with Crippen molar-refractivity contribution in [1.29, 1.82) is 0 Å². The Morgan fingerprint density at radius 3 is 2.45 bits per heavy atom. The number of amides is 3. The highest BCUT2D eigenvalue weighted by Gasteiger charge is 2.22. The Morgan fingerprint density at radius 1 is 0.939 bits per heavy atom. The zero-order valence-corrected chi connectivity index (χ0v) is 19.4. The maximum absolute atomic E-state index is 12.7. The molecule has 9 heteroatoms. The molecule has 170 valence electrons. The van der Waals surface area contributed by atoms with Gasteiger partial charge in [-0.05, 0) is 41.8 Å². The zero-order valence-electron chi connectivity index (χ0n) is 17.8. The second-order valence-electron chi connectivity index (χ2n) is 7.54. The number of piperazine rings is 1. The number of halogens is 1. The lowest BCUT2D eigenvalue weighted by Crippen LogP contribution is -2.51. The molecule has 3 amide bonds. The van der Waals surface area contributed by atoms with Crippen molar-refractivity contribution >= 4 is 52.0 Å². The van der Waals surface area contributed by atoms with Gasteiger partial charge in [-0.3, -0.25) is 14.4 Å². The molecule has 0 spiro atoms. The number of rotatable bonds is 6. The summed E-state index contributed by atoms with van der Waals surface area (Å²) in [6, 6.07) is 16.1. The summed E-state index contributed by atoms with van der Waals surface area (Å²) in [5.74, 6) is -0.846. The number of carbonyl (C=O) groups excluding carboxylic acids is 3. The predicted molar refractivity (Wildman–Crippen MR) is 131 cm³/mol. The van der Waals surface area contributed by atoms with Crippen LogP contribution in [-0.4, -0.2) is 55.3 Å². The summed E-state index contributed by atoms with van der Waals surface area (Å²) in [6.45, 7) is 2.40. The summed E-state index contributed by atoms with van der Waals surface area (Å²) in [5, 5.41) is 9.68. The first-order chi connectivity index (χ1) is 16.0. The summed E-state index contributed by atoms with van der Waals surface area (Å²) < 4.78 is 0. The van der Waals surface area contributed by atoms with Crippen molar-refractivity contribution in [3.8, 4) is 0 Å². The molecule has 2 N–H and O–H groups in total. The number of thiophene rings is 1. The van der Waals surface area contributed by atoms with Crippen molar-refractivity contribution in [2.45, 2.75) is 0 Å². The molecule has 1 aromatic heterocycles. The van der Waals surface area contributed by atoms with Gasteiger partial charge in [0.05, 0.1) is 23.4 Å². The van der Waals surface area contributed by atoms with E-state index in [1.807, 2.05) is 29.6 Å². The van der Waals surface area contributed by atoms with Crippen LogP contribution in [0.15, 0.2) is 65.4 Å². The molecule has 0 atom stereocenters. The van der Waals surface area contributed by atoms with Crippen LogP contribution in [0.1, 0.15) is 20.7 Å². The molecule has 33 heavy (non-hydrogen) atoms. The third-order valence-corrected chi connectivity index (χ3v) is 6.33. The third-order valence-electron chi connectivity index (χ3n) is 5.41. The lowest BCUT2D eigenvalue weighted by atomic mass is 10.1. The standard InChI is InChI=1S/C24H23ClN4O3S/c25-18-4-3-5-19(14-18)28-9-11-29(12-10-28)22(30)15-26-24(32)20-6-1-2-7-21(20)27-23(31)17-8-13-33-16-17/h1-8,13-14,16H,9-12,15H2,(H,26,32)(H,27,31). The van der Waals surface area contributed by atoms with Gasteiger partial charge in [0, 0.05) is 42.3 Å². The van der Waals surface area contributed by atoms with Gasteiger partial charge in [0.2, 0.25) is 5.91 Å². The Hall–Kier alpha value is -3.36. The van der Waals surface area contributed by atoms with Crippen molar-refractivity contribution in [2.24, 2.45) is 0 Å². The molecule has 1 saturated heterocycles. The molecule has 0 saturated carbocycles. The second-order valence-corrected chi connectivity index (χ2v) is 8.76. The maximum Gasteiger partial charge on any atom is 0.256 e. The zero-order chi connectivity index (χ0) is 23.2. The Balaban J connectivity index is 1.30. The molecule has 7 nitrogen and oxygen atoms in total. The van der Waals surface area contributed by atoms with Gasteiger partial charge in [-0.25, -0.2) is 0 Å². The van der Waals surface area contributed by atoms with Crippen LogP contribution in [0.3, 0.4) is 0 Å². The van der Waals surface area contributed by atoms with Crippen molar-refractivity contribution in [2.75, 3.05) is 42.9 Å². The lowest BCUT2D eigenvalue weighted by molar-refractivity contribution is -0.130. The molecule has 2 heterocycles. The van der Waals surface area contributed by atoms with Gasteiger partial charge in [-0.1, -0.05) is 29.8 Å². The minimum Gasteiger partial charge on any atom is -0.368 e. The highest BCUT2D eigenvalue weighted by Crippen LogP contribution is 2.21. The highest BCUT2D eigenvalue weighted by molar-refractivity contribution is 7.08. The van der Waals surface area contributed by atoms with Crippen molar-refractivity contribution in [3.05, 3.63) is 81.5 Å². The minimum absolute atomic E-state index is 0.108. The van der Waals surface area contributed by atoms with E-state index < -0.39 is 5.91 Å². The Kier molecular flexibility index (Phi) is 7.26. The molecule has 1 fully saturated rings. The van der Waals surface area contributed by atoms with Gasteiger partial charge in [0.1, 0.15) is 0 Å². The number of hydrogen-bond acceptors (Lipinski definition) is 5. The fourth-order valence-corrected chi connectivity index (χ4v) is 4.45. The van der Waals surface area contributed by atoms with Gasteiger partial charge in [0.15, 0.2) is 0 Å². The Labute approximate surface area is 201 Å². The summed E-state index contributed by atoms with van der Waals surface area (Å²) in [5.41, 5.74) is 2.26. The molecule has 1 aliphatic heterocycles. The van der Waals surface area contributed by atoms with Gasteiger partial charge in [-0.2, -0.15) is 11.3 Å². The molecule has 4 rings (SSSR count). The van der Waals surface area contributed by atoms with Crippen LogP contribution in [0.4, 0.5) is 11.4 Å². The molecule has 2 aromatic carbocycles. The van der Waals surface area contributed by atoms with Gasteiger partial charge < -0.3 is 20.4 Å². The molecule has 3 aromatic rings. The summed E-state index contributed by atoms with van der Waals surface area (Å²) in [4.78, 5) is 41.7. The van der Waals surface area contributed by atoms with E-state index in [0.717, 1.165) is 5.69 Å². The van der Waals surface area contributed by atoms with Crippen LogP contribution in [0.25, 0.3) is 0 Å². The normalized spacial score (nSPS) is 13.5. The lowest BCUT2D eigenvalue weighted by Gasteiger charge is -2.36. The molecule has 1 aliphatic rings. The summed E-state index contributed by atoms with van der Waals surface area (Å²) in [6.07, 6.45) is 0. The Morgan fingerprint density at radius 2 is 1.73 bits per heavy atom. The van der Waals surface area contributed by atoms with E-state index in [1.165, 1.54) is 11.3 Å². The molecular weight excluding hydrogens is 460 g/mol. The van der Waals surface area contributed by atoms with Crippen molar-refractivity contribution < 1.29 is 14.4 Å². The van der Waals surface area contributed by atoms with E-state index in [4.69, 9.17) is 11.6 Å². The number of hydrogen-bond donors (Lipinski definition) is 2. The predicted octanol–water partition coefficient (Wildman–Crippen LogP) is 3.73. The molecule has 0 aliphatic carbocycles. The quantitative estimate of drug-likeness (QED) is 0.561. The number of carbonyl (C=O) groups is 3. The number of para-hydroxylation sites is 1. The van der Waals surface area contributed by atoms with Crippen LogP contribution >= 0.6 is 22.9 Å². The van der Waals surface area contributed by atoms with Crippen LogP contribution in [-0.2, 0) is 4.79 Å². The van der Waals surface area contributed by atoms with Gasteiger partial charge >= 0.3 is 0 Å². The van der Waals surface area contributed by atoms with Crippen molar-refractivity contribution in [1.82, 2.24) is 10.2 Å². The number of benzene rings is 2. The minimum atomic E-state index is -0.415. The van der Waals surface area contributed by atoms with Crippen LogP contribution in [0.5, 0.6) is 0 Å². The summed E-state index contributed by atoms with van der Waals surface area (Å²) >= 11 is 7.50. The van der Waals surface area contributed by atoms with E-state index in [0.29, 0.717) is 48.0 Å². The van der Waals surface area contributed by atoms with E-state index in [1.54, 1.807) is 40.6 Å². The fraction of sp³-hybridized carbons (Fsp3) is 0.208. The average Bonchev–Trinajstić information content (AvgIpc) is 3.38. The van der Waals surface area contributed by atoms with Gasteiger partial charge in [0.25, 0.3) is 11.8 Å². The van der Waals surface area contributed by atoms with Crippen LogP contribution < -0.4 is 15.5 Å². The van der Waals surface area contributed by atoms with E-state index >= 15 is 0 Å². The largest absolute Gasteiger partial charge is 0.368 e. The second kappa shape index (κ2) is 10.5. The van der Waals surface area contributed by atoms with E-state index in [-0.39, 0.29) is 18.4 Å². The highest BCUT2D eigenvalue weighted by atomic mass is 35.5. The van der Waals surface area contributed by atoms with E-state index in [9.17, 15) is 14.4 Å². The smallest absolute Gasteiger partial charge is 0.256 e. The molecular formula is C24H23ClN4O3S. The van der Waals surface area contributed by atoms with Gasteiger partial charge in [-0.15, -0.1) is 0 Å². The first-order valence-electron chi connectivity index (χ1n) is 10.5. The van der Waals surface area contributed by atoms with Crippen LogP contribution in [0, 0.1) is 0 Å². The maximum atomic E-state index is 12.7. The third kappa shape index (κ3) is 5.71. The number of anilines is 2. The molecule has 0 bridgehead atoms. The monoisotopic (exact) mass is 482 g/mol. The van der Waals surface area contributed by atoms with Crippen LogP contribution in [0.2, 0.25) is 5.02 Å². The number of nitrogens with one attached hydrogen (secondary N) is 2. The van der Waals surface area contributed by atoms with Crippen molar-refractivity contribution in [3.63, 3.8) is 0 Å². The summed E-state index contributed by atoms with van der Waals surface area (Å²) in [7, 11) is 0. The molecule has 0 unspecified atom stereocenters. The topological polar surface area (TPSA) is 81.8 Å². The first-order valence-corrected chi connectivity index (χ1v) is 11.8. The average molecular weight is 483 g/mol. The molecule has 0 radical (unpaired) electrons. The van der Waals surface area contributed by atoms with E-state index in [2.05, 4.69) is 15.5 Å². The Bertz CT molecular complexity index is 1140. The number of nitrogens with zero attached hydrogens (tertiary/aromatic N) is 2. The fourth-order valence-electron chi connectivity index (χ4n) is 3.63.